The van der Waals surface area contributed by atoms with Crippen LogP contribution in [0.2, 0.25) is 0 Å². The molecular formula is C9H12N2O2. The molecule has 1 aliphatic heterocycles. The van der Waals surface area contributed by atoms with Gasteiger partial charge in [-0.1, -0.05) is 0 Å². The fraction of sp³-hybridized carbons (Fsp3) is 0.333. The minimum absolute atomic E-state index is 0.311. The lowest BCUT2D eigenvalue weighted by molar-refractivity contribution is 0.174. The summed E-state index contributed by atoms with van der Waals surface area (Å²) in [6.45, 7) is 0.796. The second-order valence-corrected chi connectivity index (χ2v) is 2.92. The Morgan fingerprint density at radius 3 is 2.92 bits per heavy atom. The molecule has 0 amide bonds. The molecule has 0 saturated carbocycles. The van der Waals surface area contributed by atoms with E-state index in [-0.39, 0.29) is 0 Å². The topological polar surface area (TPSA) is 47.7 Å². The van der Waals surface area contributed by atoms with E-state index >= 15 is 0 Å². The Hall–Kier alpha value is -1.42. The zero-order chi connectivity index (χ0) is 9.26. The summed E-state index contributed by atoms with van der Waals surface area (Å²) in [4.78, 5) is 1.93. The molecule has 0 atom stereocenters. The van der Waals surface area contributed by atoms with Crippen molar-refractivity contribution in [2.75, 3.05) is 25.4 Å². The predicted octanol–water partition coefficient (Wildman–Crippen LogP) is 0.768. The zero-order valence-corrected chi connectivity index (χ0v) is 7.49. The number of hydrogen-bond acceptors (Lipinski definition) is 4. The van der Waals surface area contributed by atoms with Gasteiger partial charge in [0.05, 0.1) is 6.67 Å². The molecular weight excluding hydrogens is 168 g/mol. The quantitative estimate of drug-likeness (QED) is 0.683. The van der Waals surface area contributed by atoms with Crippen molar-refractivity contribution < 1.29 is 9.47 Å². The van der Waals surface area contributed by atoms with Crippen LogP contribution in [-0.4, -0.2) is 20.5 Å². The largest absolute Gasteiger partial charge is 0.454 e. The number of hydrogen-bond donors (Lipinski definition) is 1. The Bertz CT molecular complexity index is 314. The molecule has 0 aliphatic carbocycles. The van der Waals surface area contributed by atoms with Crippen LogP contribution in [0.25, 0.3) is 0 Å². The van der Waals surface area contributed by atoms with E-state index in [4.69, 9.17) is 15.2 Å². The third-order valence-electron chi connectivity index (χ3n) is 2.07. The number of benzene rings is 1. The van der Waals surface area contributed by atoms with Gasteiger partial charge in [0.2, 0.25) is 6.79 Å². The van der Waals surface area contributed by atoms with Crippen molar-refractivity contribution in [2.45, 2.75) is 0 Å². The SMILES string of the molecule is CN(CN)c1ccc2c(c1)OCO2. The molecule has 0 saturated heterocycles. The first-order valence-electron chi connectivity index (χ1n) is 4.12. The first-order valence-corrected chi connectivity index (χ1v) is 4.12. The van der Waals surface area contributed by atoms with E-state index < -0.39 is 0 Å². The molecule has 1 aromatic carbocycles. The number of anilines is 1. The molecule has 0 fully saturated rings. The van der Waals surface area contributed by atoms with E-state index in [2.05, 4.69) is 0 Å². The van der Waals surface area contributed by atoms with Gasteiger partial charge in [0.1, 0.15) is 0 Å². The van der Waals surface area contributed by atoms with Gasteiger partial charge in [-0.05, 0) is 12.1 Å². The fourth-order valence-electron chi connectivity index (χ4n) is 1.23. The van der Waals surface area contributed by atoms with Crippen LogP contribution in [0.15, 0.2) is 18.2 Å². The van der Waals surface area contributed by atoms with E-state index in [0.717, 1.165) is 17.2 Å². The maximum atomic E-state index is 5.50. The van der Waals surface area contributed by atoms with Gasteiger partial charge >= 0.3 is 0 Å². The molecule has 1 aromatic rings. The monoisotopic (exact) mass is 180 g/mol. The standard InChI is InChI=1S/C9H12N2O2/c1-11(5-10)7-2-3-8-9(4-7)13-6-12-8/h2-4H,5-6,10H2,1H3. The highest BCUT2D eigenvalue weighted by atomic mass is 16.7. The van der Waals surface area contributed by atoms with Gasteiger partial charge < -0.3 is 20.1 Å². The third-order valence-corrected chi connectivity index (χ3v) is 2.07. The summed E-state index contributed by atoms with van der Waals surface area (Å²) in [5.41, 5.74) is 6.54. The number of rotatable bonds is 2. The molecule has 70 valence electrons. The molecule has 0 spiro atoms. The molecule has 1 heterocycles. The smallest absolute Gasteiger partial charge is 0.231 e. The molecule has 2 N–H and O–H groups in total. The Balaban J connectivity index is 2.30. The highest BCUT2D eigenvalue weighted by Gasteiger charge is 2.13. The van der Waals surface area contributed by atoms with E-state index in [0.29, 0.717) is 13.5 Å². The molecule has 0 bridgehead atoms. The van der Waals surface area contributed by atoms with Gasteiger partial charge in [-0.15, -0.1) is 0 Å². The van der Waals surface area contributed by atoms with Crippen molar-refractivity contribution in [3.05, 3.63) is 18.2 Å². The average Bonchev–Trinajstić information content (AvgIpc) is 2.63. The fourth-order valence-corrected chi connectivity index (χ4v) is 1.23. The summed E-state index contributed by atoms with van der Waals surface area (Å²) in [6, 6.07) is 5.78. The Morgan fingerprint density at radius 2 is 2.15 bits per heavy atom. The molecule has 2 rings (SSSR count). The van der Waals surface area contributed by atoms with Crippen LogP contribution < -0.4 is 20.1 Å². The lowest BCUT2D eigenvalue weighted by Gasteiger charge is -2.16. The van der Waals surface area contributed by atoms with Crippen molar-refractivity contribution in [1.29, 1.82) is 0 Å². The first-order chi connectivity index (χ1) is 6.31. The summed E-state index contributed by atoms with van der Waals surface area (Å²) in [5.74, 6) is 1.59. The minimum atomic E-state index is 0.311. The zero-order valence-electron chi connectivity index (χ0n) is 7.49. The summed E-state index contributed by atoms with van der Waals surface area (Å²) < 4.78 is 10.4. The summed E-state index contributed by atoms with van der Waals surface area (Å²) in [6.07, 6.45) is 0. The van der Waals surface area contributed by atoms with Crippen molar-refractivity contribution in [3.8, 4) is 11.5 Å². The van der Waals surface area contributed by atoms with Gasteiger partial charge in [-0.2, -0.15) is 0 Å². The number of ether oxygens (including phenoxy) is 2. The van der Waals surface area contributed by atoms with Crippen molar-refractivity contribution in [1.82, 2.24) is 0 Å². The van der Waals surface area contributed by atoms with Crippen LogP contribution in [-0.2, 0) is 0 Å². The minimum Gasteiger partial charge on any atom is -0.454 e. The number of nitrogens with two attached hydrogens (primary N) is 1. The Labute approximate surface area is 76.8 Å². The van der Waals surface area contributed by atoms with E-state index in [9.17, 15) is 0 Å². The normalized spacial score (nSPS) is 13.1. The molecule has 4 heteroatoms. The Morgan fingerprint density at radius 1 is 1.38 bits per heavy atom. The highest BCUT2D eigenvalue weighted by molar-refractivity contribution is 5.56. The van der Waals surface area contributed by atoms with Crippen LogP contribution in [0.4, 0.5) is 5.69 Å². The van der Waals surface area contributed by atoms with Crippen molar-refractivity contribution >= 4 is 5.69 Å². The third kappa shape index (κ3) is 1.40. The predicted molar refractivity (Wildman–Crippen MR) is 50.0 cm³/mol. The van der Waals surface area contributed by atoms with Gasteiger partial charge in [0.25, 0.3) is 0 Å². The second kappa shape index (κ2) is 3.14. The van der Waals surface area contributed by atoms with E-state index in [1.54, 1.807) is 0 Å². The second-order valence-electron chi connectivity index (χ2n) is 2.92. The number of nitrogens with zero attached hydrogens (tertiary/aromatic N) is 1. The van der Waals surface area contributed by atoms with Crippen LogP contribution in [0.3, 0.4) is 0 Å². The van der Waals surface area contributed by atoms with Gasteiger partial charge in [-0.25, -0.2) is 0 Å². The summed E-state index contributed by atoms with van der Waals surface area (Å²) in [7, 11) is 1.93. The average molecular weight is 180 g/mol. The van der Waals surface area contributed by atoms with Crippen LogP contribution in [0, 0.1) is 0 Å². The number of fused-ring (bicyclic) bond motifs is 1. The lowest BCUT2D eigenvalue weighted by atomic mass is 10.2. The van der Waals surface area contributed by atoms with E-state index in [1.807, 2.05) is 30.1 Å². The van der Waals surface area contributed by atoms with Crippen LogP contribution in [0.5, 0.6) is 11.5 Å². The summed E-state index contributed by atoms with van der Waals surface area (Å²) in [5, 5.41) is 0. The molecule has 13 heavy (non-hydrogen) atoms. The molecule has 0 unspecified atom stereocenters. The van der Waals surface area contributed by atoms with Gasteiger partial charge in [0.15, 0.2) is 11.5 Å². The maximum Gasteiger partial charge on any atom is 0.231 e. The van der Waals surface area contributed by atoms with Gasteiger partial charge in [0, 0.05) is 18.8 Å². The van der Waals surface area contributed by atoms with Crippen LogP contribution >= 0.6 is 0 Å². The van der Waals surface area contributed by atoms with Gasteiger partial charge in [-0.3, -0.25) is 0 Å². The first kappa shape index (κ1) is 8.19. The molecule has 4 nitrogen and oxygen atoms in total. The highest BCUT2D eigenvalue weighted by Crippen LogP contribution is 2.34. The Kier molecular flexibility index (Phi) is 1.98. The maximum absolute atomic E-state index is 5.50. The summed E-state index contributed by atoms with van der Waals surface area (Å²) >= 11 is 0. The molecule has 0 aromatic heterocycles. The molecule has 0 radical (unpaired) electrons. The lowest BCUT2D eigenvalue weighted by Crippen LogP contribution is -2.24. The van der Waals surface area contributed by atoms with Crippen molar-refractivity contribution in [2.24, 2.45) is 5.73 Å². The van der Waals surface area contributed by atoms with Crippen LogP contribution in [0.1, 0.15) is 0 Å². The van der Waals surface area contributed by atoms with Crippen molar-refractivity contribution in [3.63, 3.8) is 0 Å². The van der Waals surface area contributed by atoms with E-state index in [1.165, 1.54) is 0 Å². The molecule has 1 aliphatic rings.